The molecule has 9 heteroatoms. The molecule has 0 bridgehead atoms. The van der Waals surface area contributed by atoms with E-state index in [4.69, 9.17) is 21.7 Å². The van der Waals surface area contributed by atoms with Crippen LogP contribution < -0.4 is 0 Å². The average molecular weight is 334 g/mol. The van der Waals surface area contributed by atoms with E-state index >= 15 is 0 Å². The van der Waals surface area contributed by atoms with Gasteiger partial charge in [-0.25, -0.2) is 0 Å². The van der Waals surface area contributed by atoms with Crippen molar-refractivity contribution in [3.63, 3.8) is 0 Å². The van der Waals surface area contributed by atoms with Gasteiger partial charge in [-0.2, -0.15) is 0 Å². The van der Waals surface area contributed by atoms with Crippen LogP contribution in [0.4, 0.5) is 0 Å². The van der Waals surface area contributed by atoms with Crippen molar-refractivity contribution in [1.82, 2.24) is 0 Å². The largest absolute Gasteiger partial charge is 0.463 e. The molecule has 0 saturated carbocycles. The summed E-state index contributed by atoms with van der Waals surface area (Å²) in [6.45, 7) is 1.20. The number of hydrogen-bond acceptors (Lipinski definition) is 9. The van der Waals surface area contributed by atoms with E-state index < -0.39 is 54.9 Å². The Morgan fingerprint density at radius 3 is 1.91 bits per heavy atom. The van der Waals surface area contributed by atoms with Crippen molar-refractivity contribution < 1.29 is 45.6 Å². The van der Waals surface area contributed by atoms with Crippen molar-refractivity contribution in [2.75, 3.05) is 13.2 Å². The highest BCUT2D eigenvalue weighted by Crippen LogP contribution is 2.24. The van der Waals surface area contributed by atoms with Crippen LogP contribution in [0.2, 0.25) is 0 Å². The standard InChI is InChI=1S/C14H20O9/c1-7(15)19-5-11-13(22-9(3)17)14(23-10(4)18)12(6-20-11)21-8(2)16/h11-14H,5-6H2,1-4H3/t11-,12+,13-,14-/m1/s1/i5D2. The minimum Gasteiger partial charge on any atom is -0.463 e. The van der Waals surface area contributed by atoms with Gasteiger partial charge in [0.15, 0.2) is 18.3 Å². The van der Waals surface area contributed by atoms with E-state index in [1.807, 2.05) is 0 Å². The van der Waals surface area contributed by atoms with Gasteiger partial charge in [-0.3, -0.25) is 19.2 Å². The molecular weight excluding hydrogens is 312 g/mol. The SMILES string of the molecule is [2H]C([2H])(OC(C)=O)[C@H]1OC[C@H](OC(C)=O)[C@@H](OC(C)=O)[C@@H]1OC(C)=O. The molecule has 0 spiro atoms. The van der Waals surface area contributed by atoms with Crippen molar-refractivity contribution in [2.24, 2.45) is 0 Å². The number of ether oxygens (including phenoxy) is 5. The van der Waals surface area contributed by atoms with Gasteiger partial charge < -0.3 is 23.7 Å². The molecule has 1 heterocycles. The van der Waals surface area contributed by atoms with E-state index in [2.05, 4.69) is 4.74 Å². The molecule has 0 aromatic rings. The van der Waals surface area contributed by atoms with Gasteiger partial charge in [0.2, 0.25) is 0 Å². The Morgan fingerprint density at radius 2 is 1.43 bits per heavy atom. The van der Waals surface area contributed by atoms with Crippen LogP contribution in [0.3, 0.4) is 0 Å². The van der Waals surface area contributed by atoms with Crippen molar-refractivity contribution in [1.29, 1.82) is 0 Å². The zero-order valence-electron chi connectivity index (χ0n) is 15.2. The fourth-order valence-corrected chi connectivity index (χ4v) is 1.98. The normalized spacial score (nSPS) is 28.7. The van der Waals surface area contributed by atoms with Gasteiger partial charge in [0.05, 0.1) is 9.35 Å². The van der Waals surface area contributed by atoms with E-state index in [9.17, 15) is 19.2 Å². The number of carbonyl (C=O) groups excluding carboxylic acids is 4. The third-order valence-electron chi connectivity index (χ3n) is 2.67. The lowest BCUT2D eigenvalue weighted by molar-refractivity contribution is -0.231. The summed E-state index contributed by atoms with van der Waals surface area (Å²) in [7, 11) is 0. The predicted octanol–water partition coefficient (Wildman–Crippen LogP) is -0.257. The number of rotatable bonds is 5. The van der Waals surface area contributed by atoms with E-state index in [1.165, 1.54) is 0 Å². The maximum absolute atomic E-state index is 11.4. The van der Waals surface area contributed by atoms with E-state index in [0.29, 0.717) is 0 Å². The van der Waals surface area contributed by atoms with Crippen LogP contribution >= 0.6 is 0 Å². The van der Waals surface area contributed by atoms with Crippen molar-refractivity contribution in [3.05, 3.63) is 0 Å². The maximum atomic E-state index is 11.4. The third kappa shape index (κ3) is 6.23. The molecule has 0 radical (unpaired) electrons. The van der Waals surface area contributed by atoms with Crippen molar-refractivity contribution in [2.45, 2.75) is 52.1 Å². The van der Waals surface area contributed by atoms with Gasteiger partial charge in [0.1, 0.15) is 12.7 Å². The summed E-state index contributed by atoms with van der Waals surface area (Å²) in [6, 6.07) is 0. The summed E-state index contributed by atoms with van der Waals surface area (Å²) < 4.78 is 40.7. The molecular formula is C14H20O9. The molecule has 1 rings (SSSR count). The highest BCUT2D eigenvalue weighted by atomic mass is 16.7. The molecule has 130 valence electrons. The summed E-state index contributed by atoms with van der Waals surface area (Å²) in [6.07, 6.45) is -5.57. The predicted molar refractivity (Wildman–Crippen MR) is 73.0 cm³/mol. The molecule has 1 aliphatic rings. The third-order valence-corrected chi connectivity index (χ3v) is 2.67. The second-order valence-corrected chi connectivity index (χ2v) is 4.76. The first-order valence-electron chi connectivity index (χ1n) is 7.77. The lowest BCUT2D eigenvalue weighted by Crippen LogP contribution is -2.58. The topological polar surface area (TPSA) is 114 Å². The Hall–Kier alpha value is -2.16. The summed E-state index contributed by atoms with van der Waals surface area (Å²) in [5, 5.41) is 0. The summed E-state index contributed by atoms with van der Waals surface area (Å²) in [4.78, 5) is 45.1. The molecule has 0 aromatic heterocycles. The second kappa shape index (κ2) is 8.47. The molecule has 0 aliphatic carbocycles. The van der Waals surface area contributed by atoms with Crippen LogP contribution in [-0.4, -0.2) is 61.5 Å². The molecule has 4 atom stereocenters. The fraction of sp³-hybridized carbons (Fsp3) is 0.714. The smallest absolute Gasteiger partial charge is 0.303 e. The molecule has 0 unspecified atom stereocenters. The van der Waals surface area contributed by atoms with E-state index in [-0.39, 0.29) is 6.61 Å². The zero-order chi connectivity index (χ0) is 19.4. The fourth-order valence-electron chi connectivity index (χ4n) is 1.98. The Bertz CT molecular complexity index is 548. The van der Waals surface area contributed by atoms with Gasteiger partial charge in [0, 0.05) is 27.7 Å². The van der Waals surface area contributed by atoms with Crippen LogP contribution in [-0.2, 0) is 42.9 Å². The number of carbonyl (C=O) groups is 4. The quantitative estimate of drug-likeness (QED) is 0.495. The average Bonchev–Trinajstić information content (AvgIpc) is 2.38. The summed E-state index contributed by atoms with van der Waals surface area (Å²) in [5.74, 6) is -3.22. The Labute approximate surface area is 136 Å². The number of esters is 4. The zero-order valence-corrected chi connectivity index (χ0v) is 13.2. The molecule has 1 saturated heterocycles. The van der Waals surface area contributed by atoms with Crippen molar-refractivity contribution in [3.8, 4) is 0 Å². The highest BCUT2D eigenvalue weighted by Gasteiger charge is 2.47. The maximum Gasteiger partial charge on any atom is 0.303 e. The Kier molecular flexibility index (Phi) is 5.79. The molecule has 1 aliphatic heterocycles. The minimum absolute atomic E-state index is 0.360. The molecule has 9 nitrogen and oxygen atoms in total. The van der Waals surface area contributed by atoms with Crippen LogP contribution in [0.5, 0.6) is 0 Å². The van der Waals surface area contributed by atoms with Gasteiger partial charge in [-0.1, -0.05) is 0 Å². The summed E-state index contributed by atoms with van der Waals surface area (Å²) >= 11 is 0. The molecule has 23 heavy (non-hydrogen) atoms. The van der Waals surface area contributed by atoms with E-state index in [1.54, 1.807) is 0 Å². The van der Waals surface area contributed by atoms with Gasteiger partial charge in [0.25, 0.3) is 0 Å². The first kappa shape index (κ1) is 15.7. The molecule has 0 N–H and O–H groups in total. The lowest BCUT2D eigenvalue weighted by Gasteiger charge is -2.40. The van der Waals surface area contributed by atoms with Crippen LogP contribution in [0.25, 0.3) is 0 Å². The first-order valence-corrected chi connectivity index (χ1v) is 6.77. The minimum atomic E-state index is -2.69. The number of hydrogen-bond donors (Lipinski definition) is 0. The molecule has 1 fully saturated rings. The highest BCUT2D eigenvalue weighted by molar-refractivity contribution is 5.68. The van der Waals surface area contributed by atoms with Gasteiger partial charge in [-0.15, -0.1) is 0 Å². The Balaban J connectivity index is 3.21. The second-order valence-electron chi connectivity index (χ2n) is 4.76. The first-order chi connectivity index (χ1) is 11.4. The van der Waals surface area contributed by atoms with Crippen LogP contribution in [0.15, 0.2) is 0 Å². The van der Waals surface area contributed by atoms with Crippen LogP contribution in [0, 0.1) is 0 Å². The van der Waals surface area contributed by atoms with Gasteiger partial charge >= 0.3 is 23.9 Å². The van der Waals surface area contributed by atoms with Crippen LogP contribution in [0.1, 0.15) is 30.4 Å². The monoisotopic (exact) mass is 334 g/mol. The van der Waals surface area contributed by atoms with E-state index in [0.717, 1.165) is 27.7 Å². The Morgan fingerprint density at radius 1 is 0.913 bits per heavy atom. The summed E-state index contributed by atoms with van der Waals surface area (Å²) in [5.41, 5.74) is 0. The van der Waals surface area contributed by atoms with Crippen molar-refractivity contribution >= 4 is 23.9 Å². The van der Waals surface area contributed by atoms with Gasteiger partial charge in [-0.05, 0) is 0 Å². The lowest BCUT2D eigenvalue weighted by atomic mass is 9.99. The molecule has 0 aromatic carbocycles. The molecule has 0 amide bonds.